The first-order chi connectivity index (χ1) is 11.2. The van der Waals surface area contributed by atoms with Gasteiger partial charge in [-0.3, -0.25) is 4.90 Å². The topological polar surface area (TPSA) is 64.5 Å². The number of rotatable bonds is 6. The van der Waals surface area contributed by atoms with Gasteiger partial charge in [0.25, 0.3) is 0 Å². The molecule has 0 aromatic heterocycles. The number of anilines is 2. The van der Waals surface area contributed by atoms with E-state index in [2.05, 4.69) is 17.0 Å². The van der Waals surface area contributed by atoms with Crippen molar-refractivity contribution in [2.75, 3.05) is 37.7 Å². The van der Waals surface area contributed by atoms with Gasteiger partial charge < -0.3 is 16.2 Å². The molecule has 2 aromatic carbocycles. The lowest BCUT2D eigenvalue weighted by molar-refractivity contribution is 0.238. The number of nitrogens with zero attached hydrogens (tertiary/aromatic N) is 1. The summed E-state index contributed by atoms with van der Waals surface area (Å²) in [5, 5.41) is 0. The van der Waals surface area contributed by atoms with E-state index < -0.39 is 0 Å². The molecule has 0 radical (unpaired) electrons. The number of para-hydroxylation sites is 1. The lowest BCUT2D eigenvalue weighted by atomic mass is 10.0. The molecule has 23 heavy (non-hydrogen) atoms. The second-order valence-corrected chi connectivity index (χ2v) is 6.14. The predicted octanol–water partition coefficient (Wildman–Crippen LogP) is 2.92. The smallest absolute Gasteiger partial charge is 0.119 e. The molecule has 1 aliphatic heterocycles. The van der Waals surface area contributed by atoms with Crippen LogP contribution in [0.2, 0.25) is 0 Å². The molecule has 0 spiro atoms. The van der Waals surface area contributed by atoms with Crippen molar-refractivity contribution in [3.63, 3.8) is 0 Å². The summed E-state index contributed by atoms with van der Waals surface area (Å²) in [6, 6.07) is 14.0. The first-order valence-electron chi connectivity index (χ1n) is 8.29. The number of hydrogen-bond acceptors (Lipinski definition) is 4. The number of nitrogen functional groups attached to an aromatic ring is 2. The zero-order valence-electron chi connectivity index (χ0n) is 13.5. The molecule has 4 nitrogen and oxygen atoms in total. The standard InChI is InChI=1S/C19H25N3O/c20-18-5-3-4-16(19(18)21)14-15-6-8-17(9-7-15)23-13-12-22-10-1-2-11-22/h3-9H,1-2,10-14,20-21H2. The Morgan fingerprint density at radius 2 is 1.70 bits per heavy atom. The van der Waals surface area contributed by atoms with Gasteiger partial charge in [-0.2, -0.15) is 0 Å². The normalized spacial score (nSPS) is 15.0. The van der Waals surface area contributed by atoms with E-state index in [1.807, 2.05) is 30.3 Å². The Morgan fingerprint density at radius 1 is 0.957 bits per heavy atom. The summed E-state index contributed by atoms with van der Waals surface area (Å²) >= 11 is 0. The molecule has 0 amide bonds. The van der Waals surface area contributed by atoms with Gasteiger partial charge in [-0.25, -0.2) is 0 Å². The van der Waals surface area contributed by atoms with Gasteiger partial charge in [0.2, 0.25) is 0 Å². The molecule has 122 valence electrons. The number of hydrogen-bond donors (Lipinski definition) is 2. The van der Waals surface area contributed by atoms with E-state index in [4.69, 9.17) is 16.2 Å². The zero-order chi connectivity index (χ0) is 16.1. The summed E-state index contributed by atoms with van der Waals surface area (Å²) in [5.74, 6) is 0.925. The minimum Gasteiger partial charge on any atom is -0.492 e. The first kappa shape index (κ1) is 15.7. The number of benzene rings is 2. The second kappa shape index (κ2) is 7.38. The lowest BCUT2D eigenvalue weighted by Gasteiger charge is -2.15. The molecule has 0 saturated carbocycles. The molecule has 4 heteroatoms. The maximum atomic E-state index is 6.03. The molecule has 1 heterocycles. The third-order valence-electron chi connectivity index (χ3n) is 4.42. The number of ether oxygens (including phenoxy) is 1. The highest BCUT2D eigenvalue weighted by molar-refractivity contribution is 5.67. The van der Waals surface area contributed by atoms with Crippen LogP contribution in [0.4, 0.5) is 11.4 Å². The molecule has 0 atom stereocenters. The predicted molar refractivity (Wildman–Crippen MR) is 95.7 cm³/mol. The maximum absolute atomic E-state index is 6.03. The van der Waals surface area contributed by atoms with Gasteiger partial charge in [-0.15, -0.1) is 0 Å². The third kappa shape index (κ3) is 4.17. The molecular weight excluding hydrogens is 286 g/mol. The highest BCUT2D eigenvalue weighted by atomic mass is 16.5. The van der Waals surface area contributed by atoms with Gasteiger partial charge in [-0.05, 0) is 61.7 Å². The highest BCUT2D eigenvalue weighted by Gasteiger charge is 2.10. The summed E-state index contributed by atoms with van der Waals surface area (Å²) in [5.41, 5.74) is 15.5. The summed E-state index contributed by atoms with van der Waals surface area (Å²) in [6.45, 7) is 4.19. The molecule has 4 N–H and O–H groups in total. The van der Waals surface area contributed by atoms with E-state index in [0.29, 0.717) is 11.4 Å². The van der Waals surface area contributed by atoms with Crippen LogP contribution in [0.15, 0.2) is 42.5 Å². The largest absolute Gasteiger partial charge is 0.492 e. The average Bonchev–Trinajstić information content (AvgIpc) is 3.07. The van der Waals surface area contributed by atoms with E-state index in [1.54, 1.807) is 0 Å². The summed E-state index contributed by atoms with van der Waals surface area (Å²) in [6.07, 6.45) is 3.43. The first-order valence-corrected chi connectivity index (χ1v) is 8.29. The Bertz CT molecular complexity index is 634. The van der Waals surface area contributed by atoms with Crippen molar-refractivity contribution in [3.8, 4) is 5.75 Å². The van der Waals surface area contributed by atoms with E-state index in [1.165, 1.54) is 31.5 Å². The van der Waals surface area contributed by atoms with Crippen LogP contribution in [-0.4, -0.2) is 31.1 Å². The van der Waals surface area contributed by atoms with Gasteiger partial charge >= 0.3 is 0 Å². The Balaban J connectivity index is 1.53. The van der Waals surface area contributed by atoms with Gasteiger partial charge in [0.05, 0.1) is 11.4 Å². The monoisotopic (exact) mass is 311 g/mol. The molecule has 1 saturated heterocycles. The van der Waals surface area contributed by atoms with Gasteiger partial charge in [0.1, 0.15) is 12.4 Å². The molecular formula is C19H25N3O. The van der Waals surface area contributed by atoms with Crippen LogP contribution in [-0.2, 0) is 6.42 Å². The van der Waals surface area contributed by atoms with Crippen LogP contribution in [0.3, 0.4) is 0 Å². The van der Waals surface area contributed by atoms with Crippen LogP contribution in [0, 0.1) is 0 Å². The van der Waals surface area contributed by atoms with Crippen LogP contribution in [0.25, 0.3) is 0 Å². The lowest BCUT2D eigenvalue weighted by Crippen LogP contribution is -2.25. The van der Waals surface area contributed by atoms with E-state index in [0.717, 1.165) is 30.9 Å². The van der Waals surface area contributed by atoms with Crippen molar-refractivity contribution >= 4 is 11.4 Å². The molecule has 1 aliphatic rings. The number of likely N-dealkylation sites (tertiary alicyclic amines) is 1. The third-order valence-corrected chi connectivity index (χ3v) is 4.42. The van der Waals surface area contributed by atoms with Crippen molar-refractivity contribution in [1.29, 1.82) is 0 Å². The Morgan fingerprint density at radius 3 is 2.43 bits per heavy atom. The van der Waals surface area contributed by atoms with Gasteiger partial charge in [0, 0.05) is 6.54 Å². The summed E-state index contributed by atoms with van der Waals surface area (Å²) < 4.78 is 5.83. The fraction of sp³-hybridized carbons (Fsp3) is 0.368. The highest BCUT2D eigenvalue weighted by Crippen LogP contribution is 2.23. The molecule has 0 unspecified atom stereocenters. The summed E-state index contributed by atoms with van der Waals surface area (Å²) in [7, 11) is 0. The van der Waals surface area contributed by atoms with Crippen LogP contribution in [0.1, 0.15) is 24.0 Å². The molecule has 1 fully saturated rings. The average molecular weight is 311 g/mol. The Labute approximate surface area is 138 Å². The Hall–Kier alpha value is -2.20. The van der Waals surface area contributed by atoms with Crippen LogP contribution in [0.5, 0.6) is 5.75 Å². The molecule has 3 rings (SSSR count). The zero-order valence-corrected chi connectivity index (χ0v) is 13.5. The quantitative estimate of drug-likeness (QED) is 0.805. The summed E-state index contributed by atoms with van der Waals surface area (Å²) in [4.78, 5) is 2.46. The van der Waals surface area contributed by atoms with Crippen LogP contribution >= 0.6 is 0 Å². The Kier molecular flexibility index (Phi) is 5.03. The molecule has 0 aliphatic carbocycles. The van der Waals surface area contributed by atoms with E-state index in [-0.39, 0.29) is 0 Å². The van der Waals surface area contributed by atoms with Crippen molar-refractivity contribution in [2.45, 2.75) is 19.3 Å². The fourth-order valence-corrected chi connectivity index (χ4v) is 3.01. The van der Waals surface area contributed by atoms with E-state index in [9.17, 15) is 0 Å². The fourth-order valence-electron chi connectivity index (χ4n) is 3.01. The van der Waals surface area contributed by atoms with Crippen molar-refractivity contribution in [3.05, 3.63) is 53.6 Å². The van der Waals surface area contributed by atoms with Crippen molar-refractivity contribution in [2.24, 2.45) is 0 Å². The van der Waals surface area contributed by atoms with E-state index >= 15 is 0 Å². The minimum atomic E-state index is 0.643. The van der Waals surface area contributed by atoms with Crippen LogP contribution < -0.4 is 16.2 Å². The number of nitrogens with two attached hydrogens (primary N) is 2. The van der Waals surface area contributed by atoms with Crippen molar-refractivity contribution < 1.29 is 4.74 Å². The SMILES string of the molecule is Nc1cccc(Cc2ccc(OCCN3CCCC3)cc2)c1N. The second-order valence-electron chi connectivity index (χ2n) is 6.14. The minimum absolute atomic E-state index is 0.643. The van der Waals surface area contributed by atoms with Crippen molar-refractivity contribution in [1.82, 2.24) is 4.90 Å². The maximum Gasteiger partial charge on any atom is 0.119 e. The van der Waals surface area contributed by atoms with Gasteiger partial charge in [-0.1, -0.05) is 24.3 Å². The molecule has 0 bridgehead atoms. The molecule has 2 aromatic rings. The van der Waals surface area contributed by atoms with Gasteiger partial charge in [0.15, 0.2) is 0 Å².